The minimum atomic E-state index is -3.15. The molecule has 114 valence electrons. The van der Waals surface area contributed by atoms with Gasteiger partial charge in [0.05, 0.1) is 25.1 Å². The summed E-state index contributed by atoms with van der Waals surface area (Å²) in [5.41, 5.74) is 6.08. The number of aromatic nitrogens is 2. The van der Waals surface area contributed by atoms with Crippen molar-refractivity contribution in [1.82, 2.24) is 9.78 Å². The van der Waals surface area contributed by atoms with E-state index in [1.54, 1.807) is 0 Å². The van der Waals surface area contributed by atoms with Gasteiger partial charge in [0.15, 0.2) is 5.75 Å². The van der Waals surface area contributed by atoms with Crippen LogP contribution in [0.25, 0.3) is 0 Å². The zero-order valence-corrected chi connectivity index (χ0v) is 13.0. The van der Waals surface area contributed by atoms with Crippen molar-refractivity contribution >= 4 is 15.6 Å². The van der Waals surface area contributed by atoms with Crippen LogP contribution >= 0.6 is 0 Å². The lowest BCUT2D eigenvalue weighted by Gasteiger charge is -2.15. The van der Waals surface area contributed by atoms with Crippen molar-refractivity contribution in [2.45, 2.75) is 32.4 Å². The maximum atomic E-state index is 12.4. The van der Waals surface area contributed by atoms with Gasteiger partial charge in [0, 0.05) is 12.3 Å². The van der Waals surface area contributed by atoms with Crippen molar-refractivity contribution in [3.05, 3.63) is 11.9 Å². The zero-order valence-electron chi connectivity index (χ0n) is 12.2. The number of hydrogen-bond donors (Lipinski definition) is 1. The summed E-state index contributed by atoms with van der Waals surface area (Å²) in [7, 11) is -1.70. The summed E-state index contributed by atoms with van der Waals surface area (Å²) in [6.45, 7) is 3.76. The smallest absolute Gasteiger partial charge is 0.201 e. The van der Waals surface area contributed by atoms with E-state index >= 15 is 0 Å². The third-order valence-corrected chi connectivity index (χ3v) is 3.82. The average molecular weight is 303 g/mol. The maximum Gasteiger partial charge on any atom is 0.201 e. The van der Waals surface area contributed by atoms with Gasteiger partial charge in [0.2, 0.25) is 5.78 Å². The highest BCUT2D eigenvalue weighted by Crippen LogP contribution is 2.22. The molecule has 0 spiro atoms. The van der Waals surface area contributed by atoms with Gasteiger partial charge in [-0.3, -0.25) is 9.48 Å². The highest BCUT2D eigenvalue weighted by molar-refractivity contribution is 7.90. The van der Waals surface area contributed by atoms with E-state index in [-0.39, 0.29) is 29.7 Å². The Morgan fingerprint density at radius 2 is 2.10 bits per heavy atom. The van der Waals surface area contributed by atoms with Gasteiger partial charge in [-0.2, -0.15) is 5.10 Å². The number of methoxy groups -OCH3 is 1. The van der Waals surface area contributed by atoms with Crippen molar-refractivity contribution in [1.29, 1.82) is 0 Å². The van der Waals surface area contributed by atoms with Gasteiger partial charge >= 0.3 is 0 Å². The largest absolute Gasteiger partial charge is 0.493 e. The molecule has 1 rings (SSSR count). The molecular weight excluding hydrogens is 282 g/mol. The summed E-state index contributed by atoms with van der Waals surface area (Å²) in [5, 5.41) is 4.10. The summed E-state index contributed by atoms with van der Waals surface area (Å²) < 4.78 is 28.9. The predicted octanol–water partition coefficient (Wildman–Crippen LogP) is 0.417. The normalized spacial score (nSPS) is 13.5. The molecule has 1 heterocycles. The predicted molar refractivity (Wildman–Crippen MR) is 75.8 cm³/mol. The lowest BCUT2D eigenvalue weighted by atomic mass is 10.1. The Labute approximate surface area is 119 Å². The summed E-state index contributed by atoms with van der Waals surface area (Å²) >= 11 is 0. The van der Waals surface area contributed by atoms with Crippen LogP contribution in [0.15, 0.2) is 6.20 Å². The van der Waals surface area contributed by atoms with Gasteiger partial charge in [0.25, 0.3) is 0 Å². The number of Topliss-reactive ketones (excluding diaryl/α,β-unsaturated/α-hetero) is 1. The van der Waals surface area contributed by atoms with E-state index in [4.69, 9.17) is 10.5 Å². The molecule has 1 unspecified atom stereocenters. The van der Waals surface area contributed by atoms with E-state index in [0.29, 0.717) is 5.75 Å². The van der Waals surface area contributed by atoms with Gasteiger partial charge in [-0.25, -0.2) is 8.42 Å². The monoisotopic (exact) mass is 303 g/mol. The quantitative estimate of drug-likeness (QED) is 0.732. The second kappa shape index (κ2) is 6.36. The van der Waals surface area contributed by atoms with E-state index in [0.717, 1.165) is 6.26 Å². The van der Waals surface area contributed by atoms with Gasteiger partial charge in [-0.15, -0.1) is 0 Å². The van der Waals surface area contributed by atoms with Crippen LogP contribution in [0.1, 0.15) is 36.8 Å². The van der Waals surface area contributed by atoms with E-state index in [9.17, 15) is 13.2 Å². The minimum Gasteiger partial charge on any atom is -0.493 e. The lowest BCUT2D eigenvalue weighted by Crippen LogP contribution is -2.34. The van der Waals surface area contributed by atoms with Crippen molar-refractivity contribution in [2.75, 3.05) is 19.1 Å². The third-order valence-electron chi connectivity index (χ3n) is 2.84. The molecule has 8 heteroatoms. The van der Waals surface area contributed by atoms with Crippen LogP contribution in [-0.2, 0) is 9.84 Å². The molecular formula is C12H21N3O4S. The van der Waals surface area contributed by atoms with Crippen LogP contribution in [0, 0.1) is 0 Å². The fourth-order valence-corrected chi connectivity index (χ4v) is 2.45. The van der Waals surface area contributed by atoms with Crippen LogP contribution in [0.4, 0.5) is 0 Å². The topological polar surface area (TPSA) is 104 Å². The van der Waals surface area contributed by atoms with Crippen LogP contribution in [-0.4, -0.2) is 49.1 Å². The van der Waals surface area contributed by atoms with E-state index < -0.39 is 15.9 Å². The van der Waals surface area contributed by atoms with Crippen LogP contribution in [0.3, 0.4) is 0 Å². The number of sulfone groups is 1. The number of ether oxygens (including phenoxy) is 1. The number of nitrogens with two attached hydrogens (primary N) is 1. The second-order valence-corrected chi connectivity index (χ2v) is 7.25. The van der Waals surface area contributed by atoms with Gasteiger partial charge < -0.3 is 10.5 Å². The van der Waals surface area contributed by atoms with Crippen LogP contribution in [0.2, 0.25) is 0 Å². The van der Waals surface area contributed by atoms with Crippen LogP contribution in [0.5, 0.6) is 5.75 Å². The van der Waals surface area contributed by atoms with E-state index in [1.807, 2.05) is 13.8 Å². The molecule has 0 aliphatic heterocycles. The second-order valence-electron chi connectivity index (χ2n) is 4.99. The molecule has 0 bridgehead atoms. The fourth-order valence-electron chi connectivity index (χ4n) is 1.77. The number of rotatable bonds is 7. The molecule has 0 aromatic carbocycles. The Hall–Kier alpha value is -1.41. The van der Waals surface area contributed by atoms with Gasteiger partial charge in [0.1, 0.15) is 15.5 Å². The average Bonchev–Trinajstić information content (AvgIpc) is 2.77. The Morgan fingerprint density at radius 3 is 2.55 bits per heavy atom. The molecule has 1 atom stereocenters. The first-order valence-corrected chi connectivity index (χ1v) is 8.32. The SMILES string of the molecule is COc1cnn(C(C)C)c1C(=O)C(N)CCS(C)(=O)=O. The Morgan fingerprint density at radius 1 is 1.50 bits per heavy atom. The first kappa shape index (κ1) is 16.6. The Bertz CT molecular complexity index is 578. The number of carbonyl (C=O) groups excluding carboxylic acids is 1. The van der Waals surface area contributed by atoms with Crippen molar-refractivity contribution in [3.8, 4) is 5.75 Å². The van der Waals surface area contributed by atoms with Gasteiger partial charge in [-0.05, 0) is 20.3 Å². The number of nitrogens with zero attached hydrogens (tertiary/aromatic N) is 2. The molecule has 1 aromatic heterocycles. The highest BCUT2D eigenvalue weighted by atomic mass is 32.2. The lowest BCUT2D eigenvalue weighted by molar-refractivity contribution is 0.0944. The summed E-state index contributed by atoms with van der Waals surface area (Å²) in [6.07, 6.45) is 2.64. The highest BCUT2D eigenvalue weighted by Gasteiger charge is 2.26. The summed E-state index contributed by atoms with van der Waals surface area (Å²) in [5.74, 6) is -0.145. The molecule has 0 radical (unpaired) electrons. The van der Waals surface area contributed by atoms with Crippen LogP contribution < -0.4 is 10.5 Å². The molecule has 0 saturated carbocycles. The standard InChI is InChI=1S/C12H21N3O4S/c1-8(2)15-11(10(19-3)7-14-15)12(16)9(13)5-6-20(4,17)18/h7-9H,5-6,13H2,1-4H3. The molecule has 0 fully saturated rings. The number of hydrogen-bond acceptors (Lipinski definition) is 6. The molecule has 7 nitrogen and oxygen atoms in total. The molecule has 2 N–H and O–H groups in total. The number of carbonyl (C=O) groups is 1. The van der Waals surface area contributed by atoms with Gasteiger partial charge in [-0.1, -0.05) is 0 Å². The Balaban J connectivity index is 2.99. The molecule has 0 aliphatic carbocycles. The molecule has 1 aromatic rings. The minimum absolute atomic E-state index is 0.0278. The number of ketones is 1. The molecule has 20 heavy (non-hydrogen) atoms. The molecule has 0 amide bonds. The van der Waals surface area contributed by atoms with Crippen molar-refractivity contribution in [2.24, 2.45) is 5.73 Å². The maximum absolute atomic E-state index is 12.4. The first-order valence-electron chi connectivity index (χ1n) is 6.26. The third kappa shape index (κ3) is 4.04. The Kier molecular flexibility index (Phi) is 5.29. The molecule has 0 saturated heterocycles. The van der Waals surface area contributed by atoms with E-state index in [1.165, 1.54) is 18.0 Å². The summed E-state index contributed by atoms with van der Waals surface area (Å²) in [4.78, 5) is 12.4. The fraction of sp³-hybridized carbons (Fsp3) is 0.667. The van der Waals surface area contributed by atoms with E-state index in [2.05, 4.69) is 5.10 Å². The van der Waals surface area contributed by atoms with Crippen molar-refractivity contribution < 1.29 is 17.9 Å². The molecule has 0 aliphatic rings. The van der Waals surface area contributed by atoms with Crippen molar-refractivity contribution in [3.63, 3.8) is 0 Å². The zero-order chi connectivity index (χ0) is 15.5. The summed E-state index contributed by atoms with van der Waals surface area (Å²) in [6, 6.07) is -0.923. The first-order chi connectivity index (χ1) is 9.17.